The largest absolute Gasteiger partial charge is 0.396 e. The molecule has 0 amide bonds. The Labute approximate surface area is 97.9 Å². The molecular formula is C14H21NO. The van der Waals surface area contributed by atoms with Gasteiger partial charge in [-0.05, 0) is 37.8 Å². The van der Waals surface area contributed by atoms with Crippen LogP contribution in [0.4, 0.5) is 5.69 Å². The van der Waals surface area contributed by atoms with Gasteiger partial charge in [-0.1, -0.05) is 25.1 Å². The third-order valence-corrected chi connectivity index (χ3v) is 3.56. The molecule has 2 rings (SSSR count). The van der Waals surface area contributed by atoms with Crippen LogP contribution in [-0.4, -0.2) is 23.8 Å². The van der Waals surface area contributed by atoms with E-state index in [1.165, 1.54) is 11.3 Å². The Kier molecular flexibility index (Phi) is 3.20. The minimum Gasteiger partial charge on any atom is -0.396 e. The fourth-order valence-corrected chi connectivity index (χ4v) is 2.70. The molecule has 0 radical (unpaired) electrons. The summed E-state index contributed by atoms with van der Waals surface area (Å²) in [5.74, 6) is 0.329. The molecule has 2 heteroatoms. The molecule has 0 saturated heterocycles. The summed E-state index contributed by atoms with van der Waals surface area (Å²) in [6.07, 6.45) is 1.07. The maximum absolute atomic E-state index is 9.35. The molecule has 0 spiro atoms. The average Bonchev–Trinajstić information content (AvgIpc) is 2.67. The van der Waals surface area contributed by atoms with Gasteiger partial charge in [-0.3, -0.25) is 0 Å². The second-order valence-corrected chi connectivity index (χ2v) is 5.06. The van der Waals surface area contributed by atoms with Crippen LogP contribution in [0.1, 0.15) is 26.3 Å². The van der Waals surface area contributed by atoms with Crippen molar-refractivity contribution in [1.82, 2.24) is 0 Å². The molecule has 0 fully saturated rings. The number of fused-ring (bicyclic) bond motifs is 1. The lowest BCUT2D eigenvalue weighted by Crippen LogP contribution is -2.42. The van der Waals surface area contributed by atoms with Crippen molar-refractivity contribution < 1.29 is 5.11 Å². The van der Waals surface area contributed by atoms with E-state index in [1.54, 1.807) is 0 Å². The van der Waals surface area contributed by atoms with Gasteiger partial charge in [0.2, 0.25) is 0 Å². The van der Waals surface area contributed by atoms with Gasteiger partial charge in [0.15, 0.2) is 0 Å². The Balaban J connectivity index is 2.33. The lowest BCUT2D eigenvalue weighted by Gasteiger charge is -2.34. The van der Waals surface area contributed by atoms with E-state index >= 15 is 0 Å². The van der Waals surface area contributed by atoms with E-state index in [4.69, 9.17) is 0 Å². The van der Waals surface area contributed by atoms with Crippen molar-refractivity contribution >= 4 is 5.69 Å². The molecule has 1 N–H and O–H groups in total. The SMILES string of the molecule is CC(CO)C1Cc2ccccc2N1C(C)C. The zero-order valence-corrected chi connectivity index (χ0v) is 10.4. The Morgan fingerprint density at radius 2 is 2.00 bits per heavy atom. The first-order valence-corrected chi connectivity index (χ1v) is 6.12. The van der Waals surface area contributed by atoms with Gasteiger partial charge in [0.25, 0.3) is 0 Å². The Morgan fingerprint density at radius 3 is 2.62 bits per heavy atom. The van der Waals surface area contributed by atoms with E-state index in [0.717, 1.165) is 6.42 Å². The van der Waals surface area contributed by atoms with Crippen LogP contribution in [0.2, 0.25) is 0 Å². The topological polar surface area (TPSA) is 23.5 Å². The number of aliphatic hydroxyl groups is 1. The van der Waals surface area contributed by atoms with Gasteiger partial charge < -0.3 is 10.0 Å². The highest BCUT2D eigenvalue weighted by Gasteiger charge is 2.33. The molecule has 88 valence electrons. The van der Waals surface area contributed by atoms with Crippen molar-refractivity contribution in [2.75, 3.05) is 11.5 Å². The minimum absolute atomic E-state index is 0.266. The number of benzene rings is 1. The van der Waals surface area contributed by atoms with Crippen molar-refractivity contribution in [3.05, 3.63) is 29.8 Å². The zero-order chi connectivity index (χ0) is 11.7. The molecule has 1 heterocycles. The fraction of sp³-hybridized carbons (Fsp3) is 0.571. The first-order chi connectivity index (χ1) is 7.65. The second kappa shape index (κ2) is 4.46. The Morgan fingerprint density at radius 1 is 1.31 bits per heavy atom. The van der Waals surface area contributed by atoms with Gasteiger partial charge >= 0.3 is 0 Å². The maximum Gasteiger partial charge on any atom is 0.0476 e. The maximum atomic E-state index is 9.35. The van der Waals surface area contributed by atoms with E-state index in [9.17, 15) is 5.11 Å². The second-order valence-electron chi connectivity index (χ2n) is 5.06. The standard InChI is InChI=1S/C14H21NO/c1-10(2)15-13-7-5-4-6-12(13)8-14(15)11(3)9-16/h4-7,10-11,14,16H,8-9H2,1-3H3. The molecule has 0 saturated carbocycles. The van der Waals surface area contributed by atoms with Gasteiger partial charge in [0.05, 0.1) is 0 Å². The summed E-state index contributed by atoms with van der Waals surface area (Å²) in [6.45, 7) is 6.84. The normalized spacial score (nSPS) is 21.3. The summed E-state index contributed by atoms with van der Waals surface area (Å²) >= 11 is 0. The molecule has 0 aliphatic carbocycles. The zero-order valence-electron chi connectivity index (χ0n) is 10.4. The van der Waals surface area contributed by atoms with E-state index in [1.807, 2.05) is 0 Å². The van der Waals surface area contributed by atoms with Gasteiger partial charge in [-0.15, -0.1) is 0 Å². The Hall–Kier alpha value is -1.02. The highest BCUT2D eigenvalue weighted by atomic mass is 16.3. The fourth-order valence-electron chi connectivity index (χ4n) is 2.70. The van der Waals surface area contributed by atoms with Gasteiger partial charge in [0, 0.05) is 24.4 Å². The quantitative estimate of drug-likeness (QED) is 0.844. The highest BCUT2D eigenvalue weighted by Crippen LogP contribution is 2.36. The smallest absolute Gasteiger partial charge is 0.0476 e. The lowest BCUT2D eigenvalue weighted by atomic mass is 9.98. The molecule has 16 heavy (non-hydrogen) atoms. The molecule has 2 nitrogen and oxygen atoms in total. The van der Waals surface area contributed by atoms with Crippen molar-refractivity contribution in [2.45, 2.75) is 39.3 Å². The number of aliphatic hydroxyl groups excluding tert-OH is 1. The number of nitrogens with zero attached hydrogens (tertiary/aromatic N) is 1. The molecule has 2 atom stereocenters. The molecule has 0 bridgehead atoms. The van der Waals surface area contributed by atoms with E-state index < -0.39 is 0 Å². The highest BCUT2D eigenvalue weighted by molar-refractivity contribution is 5.60. The molecule has 2 unspecified atom stereocenters. The van der Waals surface area contributed by atoms with Crippen LogP contribution in [-0.2, 0) is 6.42 Å². The van der Waals surface area contributed by atoms with Crippen LogP contribution in [0.3, 0.4) is 0 Å². The van der Waals surface area contributed by atoms with Crippen LogP contribution in [0.5, 0.6) is 0 Å². The van der Waals surface area contributed by atoms with Crippen LogP contribution in [0.15, 0.2) is 24.3 Å². The third-order valence-electron chi connectivity index (χ3n) is 3.56. The summed E-state index contributed by atoms with van der Waals surface area (Å²) in [6, 6.07) is 9.53. The first-order valence-electron chi connectivity index (χ1n) is 6.12. The molecule has 0 aromatic heterocycles. The summed E-state index contributed by atoms with van der Waals surface area (Å²) in [5.41, 5.74) is 2.77. The van der Waals surface area contributed by atoms with Gasteiger partial charge in [-0.25, -0.2) is 0 Å². The number of para-hydroxylation sites is 1. The van der Waals surface area contributed by atoms with Crippen molar-refractivity contribution in [2.24, 2.45) is 5.92 Å². The summed E-state index contributed by atoms with van der Waals surface area (Å²) in [7, 11) is 0. The number of rotatable bonds is 3. The van der Waals surface area contributed by atoms with Crippen molar-refractivity contribution in [1.29, 1.82) is 0 Å². The monoisotopic (exact) mass is 219 g/mol. The van der Waals surface area contributed by atoms with Crippen LogP contribution < -0.4 is 4.90 Å². The van der Waals surface area contributed by atoms with Crippen molar-refractivity contribution in [3.8, 4) is 0 Å². The molecule has 1 aromatic rings. The summed E-state index contributed by atoms with van der Waals surface area (Å²) < 4.78 is 0. The lowest BCUT2D eigenvalue weighted by molar-refractivity contribution is 0.212. The molecule has 1 aliphatic rings. The first kappa shape index (κ1) is 11.5. The minimum atomic E-state index is 0.266. The summed E-state index contributed by atoms with van der Waals surface area (Å²) in [4.78, 5) is 2.45. The van der Waals surface area contributed by atoms with Gasteiger partial charge in [0.1, 0.15) is 0 Å². The van der Waals surface area contributed by atoms with Crippen molar-refractivity contribution in [3.63, 3.8) is 0 Å². The van der Waals surface area contributed by atoms with Gasteiger partial charge in [-0.2, -0.15) is 0 Å². The molecular weight excluding hydrogens is 198 g/mol. The van der Waals surface area contributed by atoms with E-state index in [0.29, 0.717) is 18.0 Å². The van der Waals surface area contributed by atoms with Crippen LogP contribution >= 0.6 is 0 Å². The predicted molar refractivity (Wildman–Crippen MR) is 67.8 cm³/mol. The Bertz CT molecular complexity index is 362. The number of hydrogen-bond acceptors (Lipinski definition) is 2. The van der Waals surface area contributed by atoms with Crippen LogP contribution in [0.25, 0.3) is 0 Å². The number of hydrogen-bond donors (Lipinski definition) is 1. The van der Waals surface area contributed by atoms with Crippen LogP contribution in [0, 0.1) is 5.92 Å². The summed E-state index contributed by atoms with van der Waals surface area (Å²) in [5, 5.41) is 9.35. The predicted octanol–water partition coefficient (Wildman–Crippen LogP) is 2.45. The molecule has 1 aromatic carbocycles. The van der Waals surface area contributed by atoms with E-state index in [-0.39, 0.29) is 6.61 Å². The average molecular weight is 219 g/mol. The van der Waals surface area contributed by atoms with E-state index in [2.05, 4.69) is 49.9 Å². The third kappa shape index (κ3) is 1.82. The molecule has 1 aliphatic heterocycles. The number of anilines is 1.